The number of rotatable bonds is 3. The highest BCUT2D eigenvalue weighted by Gasteiger charge is 2.27. The molecule has 1 aromatic heterocycles. The van der Waals surface area contributed by atoms with Gasteiger partial charge in [-0.15, -0.1) is 0 Å². The van der Waals surface area contributed by atoms with E-state index in [2.05, 4.69) is 115 Å². The number of hydrogen-bond acceptors (Lipinski definition) is 1. The summed E-state index contributed by atoms with van der Waals surface area (Å²) in [6.07, 6.45) is 13.4. The summed E-state index contributed by atoms with van der Waals surface area (Å²) in [5.74, 6) is 8.43. The van der Waals surface area contributed by atoms with Gasteiger partial charge in [-0.05, 0) is 51.6 Å². The Kier molecular flexibility index (Phi) is 4.97. The molecule has 0 atom stereocenters. The van der Waals surface area contributed by atoms with Crippen LogP contribution in [0.4, 0.5) is 0 Å². The third-order valence-electron chi connectivity index (χ3n) is 7.27. The third kappa shape index (κ3) is 3.27. The summed E-state index contributed by atoms with van der Waals surface area (Å²) in [6.45, 7) is 0. The molecule has 170 valence electrons. The van der Waals surface area contributed by atoms with E-state index in [9.17, 15) is 0 Å². The van der Waals surface area contributed by atoms with Crippen LogP contribution in [0.2, 0.25) is 0 Å². The quantitative estimate of drug-likeness (QED) is 0.193. The van der Waals surface area contributed by atoms with Crippen molar-refractivity contribution in [3.63, 3.8) is 0 Å². The van der Waals surface area contributed by atoms with Gasteiger partial charge in [0.2, 0.25) is 0 Å². The van der Waals surface area contributed by atoms with Crippen molar-refractivity contribution in [2.75, 3.05) is 0 Å². The topological polar surface area (TPSA) is 13.1 Å². The molecule has 36 heavy (non-hydrogen) atoms. The van der Waals surface area contributed by atoms with Gasteiger partial charge in [0.25, 0.3) is 0 Å². The normalized spacial score (nSPS) is 14.3. The van der Waals surface area contributed by atoms with E-state index < -0.39 is 0 Å². The van der Waals surface area contributed by atoms with Crippen molar-refractivity contribution in [3.8, 4) is 34.5 Å². The third-order valence-corrected chi connectivity index (χ3v) is 7.27. The Morgan fingerprint density at radius 3 is 2.17 bits per heavy atom. The van der Waals surface area contributed by atoms with Gasteiger partial charge in [-0.25, -0.2) is 0 Å². The van der Waals surface area contributed by atoms with Gasteiger partial charge in [-0.1, -0.05) is 115 Å². The molecular weight excluding hydrogens is 436 g/mol. The van der Waals surface area contributed by atoms with E-state index in [1.54, 1.807) is 0 Å². The minimum absolute atomic E-state index is 0.705. The predicted octanol–water partition coefficient (Wildman–Crippen LogP) is 9.23. The molecule has 1 heteroatoms. The molecule has 1 heterocycles. The average molecular weight is 461 g/mol. The Bertz CT molecular complexity index is 1800. The number of fused-ring (bicyclic) bond motifs is 4. The largest absolute Gasteiger partial charge is 0.455 e. The minimum Gasteiger partial charge on any atom is -0.455 e. The van der Waals surface area contributed by atoms with Crippen LogP contribution in [0, 0.1) is 11.8 Å². The van der Waals surface area contributed by atoms with Crippen molar-refractivity contribution < 1.29 is 4.42 Å². The molecule has 0 spiro atoms. The van der Waals surface area contributed by atoms with Gasteiger partial charge in [-0.3, -0.25) is 0 Å². The van der Waals surface area contributed by atoms with Gasteiger partial charge >= 0.3 is 0 Å². The molecule has 1 nitrogen and oxygen atoms in total. The van der Waals surface area contributed by atoms with E-state index in [1.165, 1.54) is 49.4 Å². The monoisotopic (exact) mass is 460 g/mol. The molecule has 5 aromatic rings. The van der Waals surface area contributed by atoms with E-state index in [-0.39, 0.29) is 0 Å². The highest BCUT2D eigenvalue weighted by atomic mass is 16.3. The summed E-state index contributed by atoms with van der Waals surface area (Å²) in [6, 6.07) is 28.0. The Hall–Kier alpha value is -4.54. The van der Waals surface area contributed by atoms with E-state index >= 15 is 0 Å². The fourth-order valence-electron chi connectivity index (χ4n) is 5.70. The van der Waals surface area contributed by atoms with Gasteiger partial charge in [-0.2, -0.15) is 0 Å². The lowest BCUT2D eigenvalue weighted by atomic mass is 9.84. The molecule has 7 rings (SSSR count). The molecule has 0 N–H and O–H groups in total. The highest BCUT2D eigenvalue weighted by molar-refractivity contribution is 6.19. The molecule has 0 amide bonds. The van der Waals surface area contributed by atoms with Crippen molar-refractivity contribution in [2.45, 2.75) is 19.3 Å². The predicted molar refractivity (Wildman–Crippen MR) is 151 cm³/mol. The molecule has 2 aliphatic rings. The van der Waals surface area contributed by atoms with Crippen molar-refractivity contribution in [2.24, 2.45) is 0 Å². The van der Waals surface area contributed by atoms with E-state index in [1.807, 2.05) is 6.08 Å². The number of allylic oxidation sites excluding steroid dienone is 5. The fourth-order valence-corrected chi connectivity index (χ4v) is 5.70. The first kappa shape index (κ1) is 20.8. The lowest BCUT2D eigenvalue weighted by Gasteiger charge is -2.19. The van der Waals surface area contributed by atoms with Crippen LogP contribution >= 0.6 is 0 Å². The SMILES string of the molecule is C1#CCC(c2c(-c3oc(-c4ccccc4)c4c3CCC=C4)c3ccccc3c3ccccc23)=CC=C1. The Morgan fingerprint density at radius 1 is 0.694 bits per heavy atom. The molecular formula is C35H24O. The van der Waals surface area contributed by atoms with Crippen LogP contribution in [0.1, 0.15) is 29.5 Å². The van der Waals surface area contributed by atoms with Crippen LogP contribution in [-0.4, -0.2) is 0 Å². The van der Waals surface area contributed by atoms with Crippen molar-refractivity contribution in [3.05, 3.63) is 120 Å². The molecule has 0 saturated heterocycles. The summed E-state index contributed by atoms with van der Waals surface area (Å²) in [5.41, 5.74) is 7.26. The fraction of sp³-hybridized carbons (Fsp3) is 0.0857. The molecule has 0 bridgehead atoms. The van der Waals surface area contributed by atoms with Crippen LogP contribution in [0.25, 0.3) is 55.8 Å². The van der Waals surface area contributed by atoms with Gasteiger partial charge in [0.1, 0.15) is 11.5 Å². The van der Waals surface area contributed by atoms with Crippen LogP contribution < -0.4 is 0 Å². The second-order valence-corrected chi connectivity index (χ2v) is 9.35. The Balaban J connectivity index is 1.65. The minimum atomic E-state index is 0.705. The summed E-state index contributed by atoms with van der Waals surface area (Å²) in [7, 11) is 0. The first-order valence-electron chi connectivity index (χ1n) is 12.6. The second-order valence-electron chi connectivity index (χ2n) is 9.35. The standard InChI is InChI=1S/C35H24O/c1-2-5-15-24(14-4-1)32-28-20-10-8-18-26(28)27-19-9-11-21-29(27)33(32)35-31-23-13-12-22-30(31)34(36-35)25-16-6-3-7-17-25/h1,3-4,6-12,14,16-22H,13,15,23H2. The van der Waals surface area contributed by atoms with Crippen molar-refractivity contribution >= 4 is 33.2 Å². The maximum absolute atomic E-state index is 6.93. The van der Waals surface area contributed by atoms with Gasteiger partial charge in [0.15, 0.2) is 0 Å². The lowest BCUT2D eigenvalue weighted by molar-refractivity contribution is 0.594. The number of benzene rings is 4. The number of furan rings is 1. The van der Waals surface area contributed by atoms with Crippen LogP contribution in [0.15, 0.2) is 108 Å². The molecule has 0 radical (unpaired) electrons. The summed E-state index contributed by atoms with van der Waals surface area (Å²) in [4.78, 5) is 0. The molecule has 0 aliphatic heterocycles. The average Bonchev–Trinajstić information content (AvgIpc) is 3.11. The first-order valence-corrected chi connectivity index (χ1v) is 12.6. The maximum atomic E-state index is 6.93. The number of hydrogen-bond donors (Lipinski definition) is 0. The summed E-state index contributed by atoms with van der Waals surface area (Å²) < 4.78 is 6.93. The van der Waals surface area contributed by atoms with Gasteiger partial charge in [0.05, 0.1) is 0 Å². The molecule has 0 saturated carbocycles. The Morgan fingerprint density at radius 2 is 1.39 bits per heavy atom. The Labute approximate surface area is 211 Å². The van der Waals surface area contributed by atoms with Gasteiger partial charge < -0.3 is 4.42 Å². The molecule has 0 unspecified atom stereocenters. The summed E-state index contributed by atoms with van der Waals surface area (Å²) >= 11 is 0. The van der Waals surface area contributed by atoms with Crippen LogP contribution in [0.5, 0.6) is 0 Å². The van der Waals surface area contributed by atoms with Crippen molar-refractivity contribution in [1.29, 1.82) is 0 Å². The molecule has 2 aliphatic carbocycles. The van der Waals surface area contributed by atoms with Crippen molar-refractivity contribution in [1.82, 2.24) is 0 Å². The zero-order chi connectivity index (χ0) is 23.9. The summed E-state index contributed by atoms with van der Waals surface area (Å²) in [5, 5.41) is 4.98. The van der Waals surface area contributed by atoms with Crippen LogP contribution in [0.3, 0.4) is 0 Å². The zero-order valence-corrected chi connectivity index (χ0v) is 19.9. The lowest BCUT2D eigenvalue weighted by Crippen LogP contribution is -1.98. The smallest absolute Gasteiger partial charge is 0.142 e. The van der Waals surface area contributed by atoms with Gasteiger partial charge in [0, 0.05) is 28.7 Å². The van der Waals surface area contributed by atoms with E-state index in [4.69, 9.17) is 4.42 Å². The van der Waals surface area contributed by atoms with E-state index in [0.29, 0.717) is 6.42 Å². The van der Waals surface area contributed by atoms with E-state index in [0.717, 1.165) is 29.9 Å². The second kappa shape index (κ2) is 8.59. The zero-order valence-electron chi connectivity index (χ0n) is 19.9. The first-order chi connectivity index (χ1) is 17.9. The molecule has 0 fully saturated rings. The molecule has 4 aromatic carbocycles. The maximum Gasteiger partial charge on any atom is 0.142 e. The van der Waals surface area contributed by atoms with Crippen LogP contribution in [-0.2, 0) is 6.42 Å². The highest BCUT2D eigenvalue weighted by Crippen LogP contribution is 2.48.